The minimum Gasteiger partial charge on any atom is -0.343 e. The van der Waals surface area contributed by atoms with Crippen molar-refractivity contribution in [1.82, 2.24) is 10.3 Å². The molecule has 138 valence electrons. The molecular weight excluding hydrogens is 379 g/mol. The molecule has 3 rings (SSSR count). The first kappa shape index (κ1) is 18.6. The molecule has 0 aliphatic heterocycles. The van der Waals surface area contributed by atoms with Crippen molar-refractivity contribution in [3.05, 3.63) is 70.9 Å². The molecule has 0 radical (unpaired) electrons. The average molecular weight is 391 g/mol. The van der Waals surface area contributed by atoms with Crippen molar-refractivity contribution in [2.45, 2.75) is 0 Å². The maximum atomic E-state index is 13.3. The van der Waals surface area contributed by atoms with E-state index in [0.717, 1.165) is 29.5 Å². The maximum Gasteiger partial charge on any atom is 0.251 e. The fourth-order valence-corrected chi connectivity index (χ4v) is 2.91. The van der Waals surface area contributed by atoms with E-state index < -0.39 is 29.3 Å². The zero-order valence-electron chi connectivity index (χ0n) is 13.6. The van der Waals surface area contributed by atoms with Crippen LogP contribution in [-0.4, -0.2) is 23.3 Å². The lowest BCUT2D eigenvalue weighted by atomic mass is 10.2. The van der Waals surface area contributed by atoms with Crippen molar-refractivity contribution in [3.63, 3.8) is 0 Å². The van der Waals surface area contributed by atoms with E-state index in [2.05, 4.69) is 15.6 Å². The molecule has 5 nitrogen and oxygen atoms in total. The van der Waals surface area contributed by atoms with Gasteiger partial charge in [0.1, 0.15) is 5.82 Å². The van der Waals surface area contributed by atoms with Crippen LogP contribution in [0.25, 0.3) is 11.3 Å². The average Bonchev–Trinajstić information content (AvgIpc) is 3.10. The Kier molecular flexibility index (Phi) is 5.51. The van der Waals surface area contributed by atoms with Gasteiger partial charge in [0.15, 0.2) is 16.8 Å². The van der Waals surface area contributed by atoms with Crippen LogP contribution in [0.15, 0.2) is 47.8 Å². The summed E-state index contributed by atoms with van der Waals surface area (Å²) < 4.78 is 39.4. The number of benzene rings is 2. The van der Waals surface area contributed by atoms with Crippen LogP contribution >= 0.6 is 11.3 Å². The second-order valence-electron chi connectivity index (χ2n) is 5.41. The number of anilines is 1. The number of nitrogens with zero attached hydrogens (tertiary/aromatic N) is 1. The molecule has 2 amide bonds. The van der Waals surface area contributed by atoms with E-state index in [9.17, 15) is 22.8 Å². The van der Waals surface area contributed by atoms with Gasteiger partial charge in [-0.25, -0.2) is 18.2 Å². The Morgan fingerprint density at radius 1 is 1.04 bits per heavy atom. The summed E-state index contributed by atoms with van der Waals surface area (Å²) in [5, 5.41) is 6.67. The topological polar surface area (TPSA) is 71.1 Å². The lowest BCUT2D eigenvalue weighted by molar-refractivity contribution is -0.115. The van der Waals surface area contributed by atoms with Crippen LogP contribution in [0.2, 0.25) is 0 Å². The van der Waals surface area contributed by atoms with E-state index in [1.54, 1.807) is 5.38 Å². The third-order valence-electron chi connectivity index (χ3n) is 3.46. The molecule has 0 fully saturated rings. The highest BCUT2D eigenvalue weighted by Crippen LogP contribution is 2.26. The molecule has 9 heteroatoms. The molecule has 27 heavy (non-hydrogen) atoms. The molecule has 2 N–H and O–H groups in total. The largest absolute Gasteiger partial charge is 0.343 e. The molecule has 0 spiro atoms. The predicted octanol–water partition coefficient (Wildman–Crippen LogP) is 3.60. The fraction of sp³-hybridized carbons (Fsp3) is 0.0556. The van der Waals surface area contributed by atoms with Gasteiger partial charge in [0.2, 0.25) is 5.91 Å². The lowest BCUT2D eigenvalue weighted by Gasteiger charge is -2.05. The Morgan fingerprint density at radius 3 is 2.59 bits per heavy atom. The highest BCUT2D eigenvalue weighted by Gasteiger charge is 2.12. The Labute approximate surface area is 155 Å². The summed E-state index contributed by atoms with van der Waals surface area (Å²) >= 11 is 1.09. The minimum absolute atomic E-state index is 0.0951. The van der Waals surface area contributed by atoms with Crippen LogP contribution in [0.4, 0.5) is 18.3 Å². The van der Waals surface area contributed by atoms with Crippen LogP contribution in [0, 0.1) is 17.5 Å². The van der Waals surface area contributed by atoms with Crippen LogP contribution in [0.3, 0.4) is 0 Å². The quantitative estimate of drug-likeness (QED) is 0.698. The van der Waals surface area contributed by atoms with Gasteiger partial charge in [-0.3, -0.25) is 9.59 Å². The molecule has 1 aromatic heterocycles. The highest BCUT2D eigenvalue weighted by atomic mass is 32.1. The van der Waals surface area contributed by atoms with Crippen LogP contribution < -0.4 is 10.6 Å². The number of hydrogen-bond acceptors (Lipinski definition) is 4. The van der Waals surface area contributed by atoms with Gasteiger partial charge < -0.3 is 10.6 Å². The van der Waals surface area contributed by atoms with E-state index >= 15 is 0 Å². The van der Waals surface area contributed by atoms with E-state index in [1.165, 1.54) is 24.3 Å². The van der Waals surface area contributed by atoms with Crippen molar-refractivity contribution >= 4 is 28.3 Å². The monoisotopic (exact) mass is 391 g/mol. The van der Waals surface area contributed by atoms with E-state index in [0.29, 0.717) is 11.3 Å². The maximum absolute atomic E-state index is 13.3. The third kappa shape index (κ3) is 4.70. The van der Waals surface area contributed by atoms with Gasteiger partial charge in [0.05, 0.1) is 12.2 Å². The van der Waals surface area contributed by atoms with E-state index in [-0.39, 0.29) is 17.2 Å². The Bertz CT molecular complexity index is 1010. The van der Waals surface area contributed by atoms with Gasteiger partial charge in [-0.05, 0) is 36.4 Å². The van der Waals surface area contributed by atoms with Crippen molar-refractivity contribution in [1.29, 1.82) is 0 Å². The second-order valence-corrected chi connectivity index (χ2v) is 6.27. The number of nitrogens with one attached hydrogen (secondary N) is 2. The lowest BCUT2D eigenvalue weighted by Crippen LogP contribution is -2.32. The van der Waals surface area contributed by atoms with Gasteiger partial charge in [0.25, 0.3) is 5.91 Å². The Morgan fingerprint density at radius 2 is 1.85 bits per heavy atom. The summed E-state index contributed by atoms with van der Waals surface area (Å²) in [5.41, 5.74) is 0.834. The summed E-state index contributed by atoms with van der Waals surface area (Å²) in [6.07, 6.45) is 0. The third-order valence-corrected chi connectivity index (χ3v) is 4.22. The molecular formula is C18H12F3N3O2S. The first-order valence-electron chi connectivity index (χ1n) is 7.67. The van der Waals surface area contributed by atoms with Crippen molar-refractivity contribution in [3.8, 4) is 11.3 Å². The first-order valence-corrected chi connectivity index (χ1v) is 8.55. The van der Waals surface area contributed by atoms with Gasteiger partial charge in [-0.15, -0.1) is 11.3 Å². The molecule has 0 atom stereocenters. The van der Waals surface area contributed by atoms with Gasteiger partial charge in [-0.1, -0.05) is 6.07 Å². The molecule has 2 aromatic carbocycles. The molecule has 0 unspecified atom stereocenters. The van der Waals surface area contributed by atoms with Crippen LogP contribution in [0.5, 0.6) is 0 Å². The first-order chi connectivity index (χ1) is 12.9. The zero-order chi connectivity index (χ0) is 19.4. The summed E-state index contributed by atoms with van der Waals surface area (Å²) in [6.45, 7) is -0.338. The second kappa shape index (κ2) is 8.00. The summed E-state index contributed by atoms with van der Waals surface area (Å²) in [5.74, 6) is -3.64. The smallest absolute Gasteiger partial charge is 0.251 e. The van der Waals surface area contributed by atoms with E-state index in [4.69, 9.17) is 0 Å². The summed E-state index contributed by atoms with van der Waals surface area (Å²) in [7, 11) is 0. The number of thiazole rings is 1. The Balaban J connectivity index is 1.57. The zero-order valence-corrected chi connectivity index (χ0v) is 14.4. The molecule has 1 heterocycles. The molecule has 0 saturated heterocycles. The fourth-order valence-electron chi connectivity index (χ4n) is 2.17. The molecule has 0 aliphatic carbocycles. The van der Waals surface area contributed by atoms with E-state index in [1.807, 2.05) is 0 Å². The number of hydrogen-bond donors (Lipinski definition) is 2. The molecule has 0 bridgehead atoms. The number of carbonyl (C=O) groups excluding carboxylic acids is 2. The summed E-state index contributed by atoms with van der Waals surface area (Å²) in [4.78, 5) is 27.9. The standard InChI is InChI=1S/C18H12F3N3O2S/c19-12-3-1-2-11(6-12)17(26)22-8-16(25)24-18-23-15(9-27-18)10-4-5-13(20)14(21)7-10/h1-7,9H,8H2,(H,22,26)(H,23,24,25). The predicted molar refractivity (Wildman–Crippen MR) is 94.8 cm³/mol. The number of amides is 2. The number of carbonyl (C=O) groups is 2. The summed E-state index contributed by atoms with van der Waals surface area (Å²) in [6, 6.07) is 8.45. The van der Waals surface area contributed by atoms with Crippen LogP contribution in [0.1, 0.15) is 10.4 Å². The van der Waals surface area contributed by atoms with Crippen molar-refractivity contribution in [2.75, 3.05) is 11.9 Å². The van der Waals surface area contributed by atoms with Gasteiger partial charge >= 0.3 is 0 Å². The molecule has 3 aromatic rings. The van der Waals surface area contributed by atoms with Gasteiger partial charge in [0, 0.05) is 16.5 Å². The number of halogens is 3. The highest BCUT2D eigenvalue weighted by molar-refractivity contribution is 7.14. The minimum atomic E-state index is -0.994. The normalized spacial score (nSPS) is 10.5. The van der Waals surface area contributed by atoms with Crippen molar-refractivity contribution in [2.24, 2.45) is 0 Å². The number of aromatic nitrogens is 1. The van der Waals surface area contributed by atoms with Gasteiger partial charge in [-0.2, -0.15) is 0 Å². The Hall–Kier alpha value is -3.20. The SMILES string of the molecule is O=C(CNC(=O)c1cccc(F)c1)Nc1nc(-c2ccc(F)c(F)c2)cs1. The number of rotatable bonds is 5. The molecule has 0 aliphatic rings. The molecule has 0 saturated carbocycles. The van der Waals surface area contributed by atoms with Crippen LogP contribution in [-0.2, 0) is 4.79 Å². The van der Waals surface area contributed by atoms with Crippen molar-refractivity contribution < 1.29 is 22.8 Å².